The van der Waals surface area contributed by atoms with Crippen molar-refractivity contribution in [2.75, 3.05) is 20.2 Å². The van der Waals surface area contributed by atoms with Gasteiger partial charge in [-0.25, -0.2) is 0 Å². The molecule has 1 aliphatic heterocycles. The van der Waals surface area contributed by atoms with Crippen molar-refractivity contribution in [3.8, 4) is 5.75 Å². The van der Waals surface area contributed by atoms with Crippen LogP contribution in [0.2, 0.25) is 0 Å². The van der Waals surface area contributed by atoms with Gasteiger partial charge in [0.25, 0.3) is 0 Å². The first-order valence-corrected chi connectivity index (χ1v) is 7.97. The number of rotatable bonds is 4. The van der Waals surface area contributed by atoms with E-state index in [9.17, 15) is 0 Å². The lowest BCUT2D eigenvalue weighted by molar-refractivity contribution is 0.0747. The highest BCUT2D eigenvalue weighted by atomic mass is 16.5. The predicted molar refractivity (Wildman–Crippen MR) is 84.5 cm³/mol. The zero-order valence-corrected chi connectivity index (χ0v) is 13.6. The van der Waals surface area contributed by atoms with E-state index >= 15 is 0 Å². The quantitative estimate of drug-likeness (QED) is 0.923. The molecule has 116 valence electrons. The largest absolute Gasteiger partial charge is 0.497 e. The van der Waals surface area contributed by atoms with Crippen LogP contribution in [0, 0.1) is 12.8 Å². The fourth-order valence-corrected chi connectivity index (χ4v) is 3.42. The molecule has 3 rings (SSSR count). The Morgan fingerprint density at radius 3 is 2.81 bits per heavy atom. The predicted octanol–water partition coefficient (Wildman–Crippen LogP) is 2.36. The molecule has 1 aromatic heterocycles. The van der Waals surface area contributed by atoms with E-state index in [2.05, 4.69) is 30.1 Å². The summed E-state index contributed by atoms with van der Waals surface area (Å²) in [5.74, 6) is 1.79. The Bertz CT molecular complexity index is 511. The van der Waals surface area contributed by atoms with E-state index in [0.717, 1.165) is 42.7 Å². The number of methoxy groups -OCH3 is 1. The number of pyridine rings is 1. The van der Waals surface area contributed by atoms with E-state index in [1.807, 2.05) is 13.0 Å². The number of hydrogen-bond donors (Lipinski definition) is 1. The van der Waals surface area contributed by atoms with Gasteiger partial charge in [-0.05, 0) is 39.5 Å². The summed E-state index contributed by atoms with van der Waals surface area (Å²) in [5, 5.41) is 3.69. The van der Waals surface area contributed by atoms with Gasteiger partial charge in [0, 0.05) is 49.0 Å². The van der Waals surface area contributed by atoms with Crippen LogP contribution in [0.1, 0.15) is 38.1 Å². The van der Waals surface area contributed by atoms with Crippen molar-refractivity contribution in [1.29, 1.82) is 0 Å². The summed E-state index contributed by atoms with van der Waals surface area (Å²) in [7, 11) is 1.72. The number of ether oxygens (including phenoxy) is 1. The van der Waals surface area contributed by atoms with Gasteiger partial charge in [0.15, 0.2) is 0 Å². The first kappa shape index (κ1) is 14.8. The van der Waals surface area contributed by atoms with Crippen LogP contribution in [0.25, 0.3) is 0 Å². The molecule has 1 saturated heterocycles. The smallest absolute Gasteiger partial charge is 0.122 e. The Morgan fingerprint density at radius 2 is 2.14 bits per heavy atom. The summed E-state index contributed by atoms with van der Waals surface area (Å²) < 4.78 is 5.38. The summed E-state index contributed by atoms with van der Waals surface area (Å²) in [6.07, 6.45) is 2.77. The maximum absolute atomic E-state index is 5.38. The maximum Gasteiger partial charge on any atom is 0.122 e. The van der Waals surface area contributed by atoms with E-state index in [-0.39, 0.29) is 5.54 Å². The summed E-state index contributed by atoms with van der Waals surface area (Å²) >= 11 is 0. The van der Waals surface area contributed by atoms with Gasteiger partial charge in [-0.2, -0.15) is 0 Å². The van der Waals surface area contributed by atoms with Gasteiger partial charge in [-0.15, -0.1) is 0 Å². The number of nitrogens with one attached hydrogen (secondary N) is 1. The first-order valence-electron chi connectivity index (χ1n) is 7.97. The van der Waals surface area contributed by atoms with Crippen LogP contribution in [0.4, 0.5) is 0 Å². The lowest BCUT2D eigenvalue weighted by atomic mass is 9.96. The van der Waals surface area contributed by atoms with Gasteiger partial charge in [-0.1, -0.05) is 0 Å². The van der Waals surface area contributed by atoms with Crippen molar-refractivity contribution >= 4 is 0 Å². The van der Waals surface area contributed by atoms with Crippen molar-refractivity contribution in [3.63, 3.8) is 0 Å². The standard InChI is InChI=1S/C17H27N3O/c1-12-7-15(21-4)8-14(19-12)10-20-11-17(2,3)18-9-16(20)13-5-6-13/h7-8,13,16,18H,5-6,9-11H2,1-4H3. The van der Waals surface area contributed by atoms with Gasteiger partial charge < -0.3 is 10.1 Å². The fraction of sp³-hybridized carbons (Fsp3) is 0.706. The van der Waals surface area contributed by atoms with Gasteiger partial charge in [0.2, 0.25) is 0 Å². The molecule has 0 amide bonds. The molecule has 1 unspecified atom stereocenters. The molecule has 0 aromatic carbocycles. The van der Waals surface area contributed by atoms with E-state index in [4.69, 9.17) is 9.72 Å². The summed E-state index contributed by atoms with van der Waals surface area (Å²) in [5.41, 5.74) is 2.33. The molecule has 4 heteroatoms. The molecule has 1 aromatic rings. The normalized spacial score (nSPS) is 25.8. The highest BCUT2D eigenvalue weighted by molar-refractivity contribution is 5.26. The summed E-state index contributed by atoms with van der Waals surface area (Å²) in [6, 6.07) is 4.72. The molecule has 2 fully saturated rings. The molecule has 1 N–H and O–H groups in total. The topological polar surface area (TPSA) is 37.4 Å². The van der Waals surface area contributed by atoms with E-state index < -0.39 is 0 Å². The Kier molecular flexibility index (Phi) is 3.93. The molecule has 1 aliphatic carbocycles. The van der Waals surface area contributed by atoms with E-state index in [1.54, 1.807) is 7.11 Å². The first-order chi connectivity index (χ1) is 9.97. The SMILES string of the molecule is COc1cc(C)nc(CN2CC(C)(C)NCC2C2CC2)c1. The Balaban J connectivity index is 1.78. The molecule has 0 bridgehead atoms. The van der Waals surface area contributed by atoms with Gasteiger partial charge in [0.1, 0.15) is 5.75 Å². The molecule has 1 saturated carbocycles. The third kappa shape index (κ3) is 3.55. The van der Waals surface area contributed by atoms with Crippen LogP contribution in [0.15, 0.2) is 12.1 Å². The Labute approximate surface area is 127 Å². The molecule has 1 atom stereocenters. The zero-order chi connectivity index (χ0) is 15.0. The van der Waals surface area contributed by atoms with Crippen LogP contribution in [0.3, 0.4) is 0 Å². The molecular formula is C17H27N3O. The second-order valence-corrected chi connectivity index (χ2v) is 7.21. The molecular weight excluding hydrogens is 262 g/mol. The van der Waals surface area contributed by atoms with E-state index in [0.29, 0.717) is 6.04 Å². The number of piperazine rings is 1. The van der Waals surface area contributed by atoms with Crippen LogP contribution in [-0.2, 0) is 6.54 Å². The van der Waals surface area contributed by atoms with Crippen LogP contribution < -0.4 is 10.1 Å². The highest BCUT2D eigenvalue weighted by Gasteiger charge is 2.40. The summed E-state index contributed by atoms with van der Waals surface area (Å²) in [4.78, 5) is 7.32. The molecule has 0 spiro atoms. The molecule has 21 heavy (non-hydrogen) atoms. The minimum Gasteiger partial charge on any atom is -0.497 e. The van der Waals surface area contributed by atoms with Gasteiger partial charge in [-0.3, -0.25) is 9.88 Å². The number of hydrogen-bond acceptors (Lipinski definition) is 4. The van der Waals surface area contributed by atoms with Crippen LogP contribution in [-0.4, -0.2) is 41.7 Å². The lowest BCUT2D eigenvalue weighted by Gasteiger charge is -2.45. The molecule has 2 heterocycles. The second-order valence-electron chi connectivity index (χ2n) is 7.21. The summed E-state index contributed by atoms with van der Waals surface area (Å²) in [6.45, 7) is 9.70. The van der Waals surface area contributed by atoms with Crippen molar-refractivity contribution in [2.24, 2.45) is 5.92 Å². The zero-order valence-electron chi connectivity index (χ0n) is 13.6. The van der Waals surface area contributed by atoms with E-state index in [1.165, 1.54) is 12.8 Å². The Hall–Kier alpha value is -1.13. The number of aryl methyl sites for hydroxylation is 1. The lowest BCUT2D eigenvalue weighted by Crippen LogP contribution is -2.61. The monoisotopic (exact) mass is 289 g/mol. The average Bonchev–Trinajstić information content (AvgIpc) is 3.21. The minimum atomic E-state index is 0.180. The van der Waals surface area contributed by atoms with Crippen molar-refractivity contribution in [2.45, 2.75) is 51.7 Å². The highest BCUT2D eigenvalue weighted by Crippen LogP contribution is 2.37. The van der Waals surface area contributed by atoms with Crippen LogP contribution in [0.5, 0.6) is 5.75 Å². The van der Waals surface area contributed by atoms with Crippen LogP contribution >= 0.6 is 0 Å². The fourth-order valence-electron chi connectivity index (χ4n) is 3.42. The van der Waals surface area contributed by atoms with Crippen molar-refractivity contribution in [3.05, 3.63) is 23.5 Å². The van der Waals surface area contributed by atoms with Gasteiger partial charge >= 0.3 is 0 Å². The minimum absolute atomic E-state index is 0.180. The third-order valence-corrected chi connectivity index (χ3v) is 4.60. The maximum atomic E-state index is 5.38. The number of aromatic nitrogens is 1. The average molecular weight is 289 g/mol. The second kappa shape index (κ2) is 5.58. The molecule has 4 nitrogen and oxygen atoms in total. The molecule has 0 radical (unpaired) electrons. The molecule has 2 aliphatic rings. The Morgan fingerprint density at radius 1 is 1.38 bits per heavy atom. The van der Waals surface area contributed by atoms with Gasteiger partial charge in [0.05, 0.1) is 12.8 Å². The van der Waals surface area contributed by atoms with Crippen molar-refractivity contribution < 1.29 is 4.74 Å². The third-order valence-electron chi connectivity index (χ3n) is 4.60. The van der Waals surface area contributed by atoms with Crippen molar-refractivity contribution in [1.82, 2.24) is 15.2 Å². The number of nitrogens with zero attached hydrogens (tertiary/aromatic N) is 2.